The highest BCUT2D eigenvalue weighted by atomic mass is 32.1. The van der Waals surface area contributed by atoms with Gasteiger partial charge in [0.25, 0.3) is 5.69 Å². The summed E-state index contributed by atoms with van der Waals surface area (Å²) in [6.07, 6.45) is 2.53. The second kappa shape index (κ2) is 5.59. The van der Waals surface area contributed by atoms with E-state index < -0.39 is 0 Å². The van der Waals surface area contributed by atoms with Crippen molar-refractivity contribution in [2.24, 2.45) is 0 Å². The average molecular weight is 263 g/mol. The summed E-state index contributed by atoms with van der Waals surface area (Å²) in [4.78, 5) is 14.7. The Morgan fingerprint density at radius 3 is 3.00 bits per heavy atom. The molecule has 0 spiro atoms. The lowest BCUT2D eigenvalue weighted by atomic mass is 10.2. The molecule has 0 amide bonds. The minimum absolute atomic E-state index is 0.111. The molecule has 2 rings (SSSR count). The van der Waals surface area contributed by atoms with Crippen molar-refractivity contribution in [3.05, 3.63) is 50.5 Å². The summed E-state index contributed by atoms with van der Waals surface area (Å²) in [6, 6.07) is 5.06. The number of nitrogens with zero attached hydrogens (tertiary/aromatic N) is 2. The lowest BCUT2D eigenvalue weighted by Gasteiger charge is -2.06. The van der Waals surface area contributed by atoms with Gasteiger partial charge in [-0.15, -0.1) is 11.3 Å². The van der Waals surface area contributed by atoms with Gasteiger partial charge in [0.05, 0.1) is 9.93 Å². The second-order valence-electron chi connectivity index (χ2n) is 3.88. The van der Waals surface area contributed by atoms with E-state index >= 15 is 0 Å². The first-order valence-electron chi connectivity index (χ1n) is 5.54. The van der Waals surface area contributed by atoms with E-state index in [4.69, 9.17) is 0 Å². The summed E-state index contributed by atoms with van der Waals surface area (Å²) in [5, 5.41) is 16.9. The molecular weight excluding hydrogens is 250 g/mol. The molecule has 0 saturated heterocycles. The SMILES string of the molecule is Cc1ccc([N+](=O)[O-])c(NCCc2nccs2)c1. The number of rotatable bonds is 5. The fourth-order valence-electron chi connectivity index (χ4n) is 1.63. The minimum Gasteiger partial charge on any atom is -0.379 e. The Kier molecular flexibility index (Phi) is 3.88. The predicted molar refractivity (Wildman–Crippen MR) is 72.1 cm³/mol. The number of aryl methyl sites for hydroxylation is 1. The molecule has 0 fully saturated rings. The van der Waals surface area contributed by atoms with E-state index in [1.807, 2.05) is 12.3 Å². The van der Waals surface area contributed by atoms with Gasteiger partial charge in [0.2, 0.25) is 0 Å². The largest absolute Gasteiger partial charge is 0.379 e. The van der Waals surface area contributed by atoms with E-state index in [1.54, 1.807) is 29.7 Å². The number of nitro groups is 1. The van der Waals surface area contributed by atoms with Crippen LogP contribution < -0.4 is 5.32 Å². The van der Waals surface area contributed by atoms with Crippen molar-refractivity contribution >= 4 is 22.7 Å². The van der Waals surface area contributed by atoms with Crippen LogP contribution in [0.1, 0.15) is 10.6 Å². The van der Waals surface area contributed by atoms with E-state index in [1.165, 1.54) is 6.07 Å². The second-order valence-corrected chi connectivity index (χ2v) is 4.86. The van der Waals surface area contributed by atoms with E-state index in [9.17, 15) is 10.1 Å². The van der Waals surface area contributed by atoms with Crippen LogP contribution in [-0.4, -0.2) is 16.5 Å². The van der Waals surface area contributed by atoms with Gasteiger partial charge in [-0.05, 0) is 18.6 Å². The average Bonchev–Trinajstić information content (AvgIpc) is 2.82. The molecule has 94 valence electrons. The van der Waals surface area contributed by atoms with Crippen LogP contribution in [0.3, 0.4) is 0 Å². The third-order valence-electron chi connectivity index (χ3n) is 2.49. The van der Waals surface area contributed by atoms with Gasteiger partial charge >= 0.3 is 0 Å². The Morgan fingerprint density at radius 2 is 2.33 bits per heavy atom. The highest BCUT2D eigenvalue weighted by molar-refractivity contribution is 7.09. The van der Waals surface area contributed by atoms with Crippen LogP contribution in [0, 0.1) is 17.0 Å². The zero-order valence-electron chi connectivity index (χ0n) is 9.92. The molecule has 18 heavy (non-hydrogen) atoms. The molecule has 0 saturated carbocycles. The maximum Gasteiger partial charge on any atom is 0.292 e. The smallest absolute Gasteiger partial charge is 0.292 e. The molecule has 0 atom stereocenters. The molecule has 0 aliphatic heterocycles. The van der Waals surface area contributed by atoms with Gasteiger partial charge in [0, 0.05) is 30.6 Å². The van der Waals surface area contributed by atoms with E-state index in [-0.39, 0.29) is 10.6 Å². The lowest BCUT2D eigenvalue weighted by molar-refractivity contribution is -0.384. The maximum atomic E-state index is 10.9. The summed E-state index contributed by atoms with van der Waals surface area (Å²) < 4.78 is 0. The van der Waals surface area contributed by atoms with Gasteiger partial charge in [0.1, 0.15) is 5.69 Å². The molecular formula is C12H13N3O2S. The molecule has 0 radical (unpaired) electrons. The lowest BCUT2D eigenvalue weighted by Crippen LogP contribution is -2.07. The third-order valence-corrected chi connectivity index (χ3v) is 3.33. The van der Waals surface area contributed by atoms with Crippen molar-refractivity contribution < 1.29 is 4.92 Å². The number of anilines is 1. The molecule has 0 bridgehead atoms. The van der Waals surface area contributed by atoms with Crippen LogP contribution in [-0.2, 0) is 6.42 Å². The highest BCUT2D eigenvalue weighted by Crippen LogP contribution is 2.25. The number of hydrogen-bond acceptors (Lipinski definition) is 5. The van der Waals surface area contributed by atoms with Crippen LogP contribution in [0.15, 0.2) is 29.8 Å². The van der Waals surface area contributed by atoms with Crippen LogP contribution in [0.25, 0.3) is 0 Å². The fourth-order valence-corrected chi connectivity index (χ4v) is 2.25. The van der Waals surface area contributed by atoms with Gasteiger partial charge in [0.15, 0.2) is 0 Å². The highest BCUT2D eigenvalue weighted by Gasteiger charge is 2.12. The summed E-state index contributed by atoms with van der Waals surface area (Å²) in [5.41, 5.74) is 1.67. The number of hydrogen-bond donors (Lipinski definition) is 1. The van der Waals surface area contributed by atoms with Gasteiger partial charge in [-0.25, -0.2) is 4.98 Å². The standard InChI is InChI=1S/C12H13N3O2S/c1-9-2-3-11(15(16)17)10(8-9)13-5-4-12-14-6-7-18-12/h2-3,6-8,13H,4-5H2,1H3. The van der Waals surface area contributed by atoms with Crippen LogP contribution >= 0.6 is 11.3 Å². The van der Waals surface area contributed by atoms with Crippen molar-refractivity contribution in [3.8, 4) is 0 Å². The zero-order valence-corrected chi connectivity index (χ0v) is 10.7. The quantitative estimate of drug-likeness (QED) is 0.665. The Bertz CT molecular complexity index is 540. The number of nitrogens with one attached hydrogen (secondary N) is 1. The molecule has 2 aromatic rings. The molecule has 0 aliphatic rings. The maximum absolute atomic E-state index is 10.9. The Morgan fingerprint density at radius 1 is 1.50 bits per heavy atom. The van der Waals surface area contributed by atoms with Gasteiger partial charge < -0.3 is 5.32 Å². The summed E-state index contributed by atoms with van der Waals surface area (Å²) in [7, 11) is 0. The fraction of sp³-hybridized carbons (Fsp3) is 0.250. The topological polar surface area (TPSA) is 68.1 Å². The molecule has 6 heteroatoms. The van der Waals surface area contributed by atoms with E-state index in [2.05, 4.69) is 10.3 Å². The number of thiazole rings is 1. The number of nitro benzene ring substituents is 1. The monoisotopic (exact) mass is 263 g/mol. The van der Waals surface area contributed by atoms with Gasteiger partial charge in [-0.1, -0.05) is 6.07 Å². The van der Waals surface area contributed by atoms with Crippen LogP contribution in [0.4, 0.5) is 11.4 Å². The molecule has 5 nitrogen and oxygen atoms in total. The molecule has 1 heterocycles. The number of benzene rings is 1. The Balaban J connectivity index is 2.03. The van der Waals surface area contributed by atoms with Gasteiger partial charge in [-0.3, -0.25) is 10.1 Å². The van der Waals surface area contributed by atoms with Crippen LogP contribution in [0.2, 0.25) is 0 Å². The Hall–Kier alpha value is -1.95. The summed E-state index contributed by atoms with van der Waals surface area (Å²) in [5.74, 6) is 0. The van der Waals surface area contributed by atoms with Crippen LogP contribution in [0.5, 0.6) is 0 Å². The first-order chi connectivity index (χ1) is 8.66. The Labute approximate surface area is 109 Å². The van der Waals surface area contributed by atoms with E-state index in [0.29, 0.717) is 12.2 Å². The third kappa shape index (κ3) is 3.04. The number of aromatic nitrogens is 1. The normalized spacial score (nSPS) is 10.3. The van der Waals surface area contributed by atoms with E-state index in [0.717, 1.165) is 17.0 Å². The molecule has 1 aromatic heterocycles. The van der Waals surface area contributed by atoms with Crippen molar-refractivity contribution in [2.45, 2.75) is 13.3 Å². The summed E-state index contributed by atoms with van der Waals surface area (Å²) >= 11 is 1.59. The zero-order chi connectivity index (χ0) is 13.0. The van der Waals surface area contributed by atoms with Crippen molar-refractivity contribution in [2.75, 3.05) is 11.9 Å². The molecule has 1 aromatic carbocycles. The first-order valence-corrected chi connectivity index (χ1v) is 6.42. The molecule has 0 aliphatic carbocycles. The van der Waals surface area contributed by atoms with Crippen molar-refractivity contribution in [3.63, 3.8) is 0 Å². The molecule has 0 unspecified atom stereocenters. The molecule has 1 N–H and O–H groups in total. The minimum atomic E-state index is -0.370. The predicted octanol–water partition coefficient (Wildman–Crippen LogP) is 3.01. The van der Waals surface area contributed by atoms with Crippen molar-refractivity contribution in [1.29, 1.82) is 0 Å². The first kappa shape index (κ1) is 12.5. The summed E-state index contributed by atoms with van der Waals surface area (Å²) in [6.45, 7) is 2.55. The van der Waals surface area contributed by atoms with Gasteiger partial charge in [-0.2, -0.15) is 0 Å². The van der Waals surface area contributed by atoms with Crippen molar-refractivity contribution in [1.82, 2.24) is 4.98 Å².